The van der Waals surface area contributed by atoms with Crippen LogP contribution in [0.5, 0.6) is 0 Å². The van der Waals surface area contributed by atoms with Crippen molar-refractivity contribution in [3.63, 3.8) is 0 Å². The Labute approximate surface area is 220 Å². The van der Waals surface area contributed by atoms with E-state index in [1.54, 1.807) is 30.3 Å². The van der Waals surface area contributed by atoms with E-state index in [4.69, 9.17) is 5.11 Å². The van der Waals surface area contributed by atoms with Crippen molar-refractivity contribution in [2.24, 2.45) is 0 Å². The summed E-state index contributed by atoms with van der Waals surface area (Å²) >= 11 is 0. The minimum Gasteiger partial charge on any atom is -0.478 e. The summed E-state index contributed by atoms with van der Waals surface area (Å²) in [5.41, 5.74) is 3.78. The molecule has 0 fully saturated rings. The van der Waals surface area contributed by atoms with Crippen LogP contribution in [-0.2, 0) is 15.8 Å². The van der Waals surface area contributed by atoms with Crippen LogP contribution in [0.25, 0.3) is 11.1 Å². The minimum absolute atomic E-state index is 0.0745. The van der Waals surface area contributed by atoms with Gasteiger partial charge < -0.3 is 25.1 Å². The molecule has 0 heterocycles. The summed E-state index contributed by atoms with van der Waals surface area (Å²) in [7, 11) is -4.55. The standard InChI is InChI=1S/C29H27N2O6P/c32-28(30-25-17-15-24(16-18-25)29(33)34)27(31(20-38(35,36)37)26-9-5-2-6-10-26)19-21-11-13-23(14-12-21)22-7-3-1-4-8-22/h1-18,27H,19-20H2,(H,30,32)(H,33,34)(H2,35,36,37)/t27-/m0/s1. The van der Waals surface area contributed by atoms with Gasteiger partial charge >= 0.3 is 13.6 Å². The normalized spacial score (nSPS) is 11.9. The number of anilines is 2. The lowest BCUT2D eigenvalue weighted by Crippen LogP contribution is -2.46. The number of hydrogen-bond donors (Lipinski definition) is 4. The number of para-hydroxylation sites is 1. The average molecular weight is 531 g/mol. The molecule has 0 aliphatic heterocycles. The van der Waals surface area contributed by atoms with Gasteiger partial charge in [0.15, 0.2) is 0 Å². The summed E-state index contributed by atoms with van der Waals surface area (Å²) in [4.78, 5) is 45.9. The molecule has 38 heavy (non-hydrogen) atoms. The molecule has 0 aromatic heterocycles. The van der Waals surface area contributed by atoms with Crippen LogP contribution in [0.15, 0.2) is 109 Å². The van der Waals surface area contributed by atoms with Gasteiger partial charge in [-0.3, -0.25) is 9.36 Å². The Morgan fingerprint density at radius 3 is 1.87 bits per heavy atom. The number of amides is 1. The van der Waals surface area contributed by atoms with Crippen LogP contribution in [0.4, 0.5) is 11.4 Å². The van der Waals surface area contributed by atoms with Crippen LogP contribution in [0.1, 0.15) is 15.9 Å². The summed E-state index contributed by atoms with van der Waals surface area (Å²) in [6.45, 7) is 0. The van der Waals surface area contributed by atoms with E-state index < -0.39 is 31.8 Å². The number of carbonyl (C=O) groups excluding carboxylic acids is 1. The molecule has 194 valence electrons. The Bertz CT molecular complexity index is 1420. The fraction of sp³-hybridized carbons (Fsp3) is 0.103. The van der Waals surface area contributed by atoms with Crippen molar-refractivity contribution in [2.75, 3.05) is 16.5 Å². The third kappa shape index (κ3) is 7.17. The first-order valence-electron chi connectivity index (χ1n) is 11.8. The van der Waals surface area contributed by atoms with Crippen molar-refractivity contribution in [3.05, 3.63) is 120 Å². The number of nitrogens with zero attached hydrogens (tertiary/aromatic N) is 1. The predicted octanol–water partition coefficient (Wildman–Crippen LogP) is 5.24. The zero-order chi connectivity index (χ0) is 27.1. The third-order valence-electron chi connectivity index (χ3n) is 5.99. The maximum atomic E-state index is 13.6. The molecule has 0 saturated carbocycles. The molecule has 0 spiro atoms. The molecule has 4 aromatic carbocycles. The Balaban J connectivity index is 1.67. The van der Waals surface area contributed by atoms with E-state index >= 15 is 0 Å². The van der Waals surface area contributed by atoms with Gasteiger partial charge in [-0.25, -0.2) is 4.79 Å². The minimum atomic E-state index is -4.55. The second-order valence-electron chi connectivity index (χ2n) is 8.77. The second-order valence-corrected chi connectivity index (χ2v) is 10.4. The van der Waals surface area contributed by atoms with E-state index in [0.717, 1.165) is 16.7 Å². The van der Waals surface area contributed by atoms with Gasteiger partial charge in [-0.05, 0) is 53.1 Å². The van der Waals surface area contributed by atoms with E-state index in [1.807, 2.05) is 54.6 Å². The first-order valence-corrected chi connectivity index (χ1v) is 13.6. The Morgan fingerprint density at radius 2 is 1.32 bits per heavy atom. The fourth-order valence-corrected chi connectivity index (χ4v) is 4.89. The van der Waals surface area contributed by atoms with Gasteiger partial charge in [0, 0.05) is 17.8 Å². The van der Waals surface area contributed by atoms with Gasteiger partial charge in [0.05, 0.1) is 5.56 Å². The lowest BCUT2D eigenvalue weighted by atomic mass is 9.99. The van der Waals surface area contributed by atoms with E-state index in [9.17, 15) is 23.9 Å². The number of carbonyl (C=O) groups is 2. The molecule has 1 amide bonds. The van der Waals surface area contributed by atoms with Gasteiger partial charge in [-0.15, -0.1) is 0 Å². The number of hydrogen-bond acceptors (Lipinski definition) is 4. The number of carboxylic acids is 1. The van der Waals surface area contributed by atoms with Gasteiger partial charge in [-0.2, -0.15) is 0 Å². The van der Waals surface area contributed by atoms with Crippen LogP contribution in [0, 0.1) is 0 Å². The lowest BCUT2D eigenvalue weighted by Gasteiger charge is -2.33. The molecule has 0 aliphatic carbocycles. The first kappa shape index (κ1) is 26.8. The SMILES string of the molecule is O=C(O)c1ccc(NC(=O)[C@H](Cc2ccc(-c3ccccc3)cc2)N(CP(=O)(O)O)c2ccccc2)cc1. The van der Waals surface area contributed by atoms with Crippen molar-refractivity contribution < 1.29 is 29.0 Å². The molecular formula is C29H27N2O6P. The Kier molecular flexibility index (Phi) is 8.38. The number of carboxylic acid groups (broad SMARTS) is 1. The zero-order valence-corrected chi connectivity index (χ0v) is 21.2. The molecule has 0 bridgehead atoms. The predicted molar refractivity (Wildman–Crippen MR) is 147 cm³/mol. The topological polar surface area (TPSA) is 127 Å². The van der Waals surface area contributed by atoms with Crippen LogP contribution >= 0.6 is 7.60 Å². The zero-order valence-electron chi connectivity index (χ0n) is 20.3. The molecule has 4 rings (SSSR count). The highest BCUT2D eigenvalue weighted by Crippen LogP contribution is 2.38. The molecule has 4 aromatic rings. The smallest absolute Gasteiger partial charge is 0.344 e. The molecule has 0 unspecified atom stereocenters. The highest BCUT2D eigenvalue weighted by Gasteiger charge is 2.31. The van der Waals surface area contributed by atoms with Gasteiger partial charge in [-0.1, -0.05) is 72.8 Å². The first-order chi connectivity index (χ1) is 18.2. The number of benzene rings is 4. The Morgan fingerprint density at radius 1 is 0.763 bits per heavy atom. The van der Waals surface area contributed by atoms with Gasteiger partial charge in [0.1, 0.15) is 12.3 Å². The summed E-state index contributed by atoms with van der Waals surface area (Å²) < 4.78 is 12.1. The van der Waals surface area contributed by atoms with Crippen molar-refractivity contribution in [3.8, 4) is 11.1 Å². The Hall–Kier alpha value is -4.23. The molecule has 8 nitrogen and oxygen atoms in total. The highest BCUT2D eigenvalue weighted by molar-refractivity contribution is 7.51. The average Bonchev–Trinajstić information content (AvgIpc) is 2.91. The fourth-order valence-electron chi connectivity index (χ4n) is 4.13. The largest absolute Gasteiger partial charge is 0.478 e. The van der Waals surface area contributed by atoms with Crippen molar-refractivity contribution >= 4 is 30.8 Å². The van der Waals surface area contributed by atoms with Crippen molar-refractivity contribution in [1.82, 2.24) is 0 Å². The van der Waals surface area contributed by atoms with Crippen LogP contribution in [0.3, 0.4) is 0 Å². The van der Waals surface area contributed by atoms with E-state index in [0.29, 0.717) is 11.4 Å². The van der Waals surface area contributed by atoms with Gasteiger partial charge in [0.2, 0.25) is 5.91 Å². The van der Waals surface area contributed by atoms with Crippen LogP contribution in [-0.4, -0.2) is 39.1 Å². The quantitative estimate of drug-likeness (QED) is 0.206. The van der Waals surface area contributed by atoms with E-state index in [1.165, 1.54) is 29.2 Å². The van der Waals surface area contributed by atoms with Crippen molar-refractivity contribution in [2.45, 2.75) is 12.5 Å². The summed E-state index contributed by atoms with van der Waals surface area (Å²) in [6, 6.07) is 30.9. The maximum absolute atomic E-state index is 13.6. The van der Waals surface area contributed by atoms with E-state index in [-0.39, 0.29) is 12.0 Å². The lowest BCUT2D eigenvalue weighted by molar-refractivity contribution is -0.117. The molecule has 0 saturated heterocycles. The summed E-state index contributed by atoms with van der Waals surface area (Å²) in [6.07, 6.45) is -0.488. The molecule has 1 atom stereocenters. The third-order valence-corrected chi connectivity index (χ3v) is 6.67. The molecule has 9 heteroatoms. The molecule has 4 N–H and O–H groups in total. The van der Waals surface area contributed by atoms with E-state index in [2.05, 4.69) is 5.32 Å². The van der Waals surface area contributed by atoms with Gasteiger partial charge in [0.25, 0.3) is 0 Å². The monoisotopic (exact) mass is 530 g/mol. The second kappa shape index (κ2) is 11.9. The maximum Gasteiger partial charge on any atom is 0.344 e. The summed E-state index contributed by atoms with van der Waals surface area (Å²) in [5, 5.41) is 11.9. The number of aromatic carboxylic acids is 1. The number of nitrogens with one attached hydrogen (secondary N) is 1. The highest BCUT2D eigenvalue weighted by atomic mass is 31.2. The van der Waals surface area contributed by atoms with Crippen LogP contribution < -0.4 is 10.2 Å². The molecule has 0 aliphatic rings. The number of rotatable bonds is 10. The molecular weight excluding hydrogens is 503 g/mol. The van der Waals surface area contributed by atoms with Crippen LogP contribution in [0.2, 0.25) is 0 Å². The summed E-state index contributed by atoms with van der Waals surface area (Å²) in [5.74, 6) is -1.57. The molecule has 0 radical (unpaired) electrons. The van der Waals surface area contributed by atoms with Crippen molar-refractivity contribution in [1.29, 1.82) is 0 Å².